The minimum atomic E-state index is 0.354. The first-order chi connectivity index (χ1) is 37.0. The van der Waals surface area contributed by atoms with Crippen molar-refractivity contribution in [3.63, 3.8) is 0 Å². The van der Waals surface area contributed by atoms with Crippen LogP contribution in [0.15, 0.2) is 170 Å². The molecule has 1 aliphatic heterocycles. The molecular formula is C71H80N4P+. The number of aryl methyl sites for hydroxylation is 1. The van der Waals surface area contributed by atoms with Crippen LogP contribution in [0.5, 0.6) is 0 Å². The molecule has 3 aliphatic rings. The van der Waals surface area contributed by atoms with Crippen molar-refractivity contribution in [1.82, 2.24) is 14.1 Å². The second-order valence-corrected chi connectivity index (χ2v) is 21.9. The fourth-order valence-electron chi connectivity index (χ4n) is 11.6. The van der Waals surface area contributed by atoms with E-state index in [1.54, 1.807) is 0 Å². The Labute approximate surface area is 457 Å². The number of allylic oxidation sites excluding steroid dienone is 5. The van der Waals surface area contributed by atoms with Gasteiger partial charge in [0.05, 0.1) is 11.3 Å². The van der Waals surface area contributed by atoms with Gasteiger partial charge in [-0.2, -0.15) is 4.57 Å². The fraction of sp³-hybridized carbons (Fsp3) is 0.296. The molecule has 388 valence electrons. The Kier molecular flexibility index (Phi) is 17.0. The zero-order valence-electron chi connectivity index (χ0n) is 47.2. The normalized spacial score (nSPS) is 13.2. The molecule has 12 rings (SSSR count). The van der Waals surface area contributed by atoms with Gasteiger partial charge in [0.1, 0.15) is 30.5 Å². The lowest BCUT2D eigenvalue weighted by Crippen LogP contribution is -2.30. The van der Waals surface area contributed by atoms with Gasteiger partial charge in [-0.3, -0.25) is 4.57 Å². The van der Waals surface area contributed by atoms with E-state index < -0.39 is 0 Å². The van der Waals surface area contributed by atoms with Crippen molar-refractivity contribution < 1.29 is 4.57 Å². The minimum absolute atomic E-state index is 0.354. The molecule has 0 bridgehead atoms. The van der Waals surface area contributed by atoms with Crippen LogP contribution in [0.1, 0.15) is 163 Å². The van der Waals surface area contributed by atoms with Gasteiger partial charge < -0.3 is 0 Å². The van der Waals surface area contributed by atoms with Crippen LogP contribution < -0.4 is 4.57 Å². The van der Waals surface area contributed by atoms with Crippen molar-refractivity contribution in [3.05, 3.63) is 215 Å². The number of hydrogen-bond acceptors (Lipinski definition) is 1. The average molecular weight is 1020 g/mol. The zero-order chi connectivity index (χ0) is 53.6. The second-order valence-electron chi connectivity index (χ2n) is 21.9. The van der Waals surface area contributed by atoms with Gasteiger partial charge in [0.2, 0.25) is 0 Å². The molecular weight excluding hydrogens is 940 g/mol. The van der Waals surface area contributed by atoms with E-state index in [1.807, 2.05) is 12.9 Å². The third kappa shape index (κ3) is 10.6. The van der Waals surface area contributed by atoms with E-state index in [-0.39, 0.29) is 0 Å². The molecule has 0 amide bonds. The Morgan fingerprint density at radius 3 is 1.78 bits per heavy atom. The van der Waals surface area contributed by atoms with Gasteiger partial charge in [0.25, 0.3) is 5.82 Å². The van der Waals surface area contributed by atoms with E-state index in [0.29, 0.717) is 23.7 Å². The molecule has 1 unspecified atom stereocenters. The number of fused-ring (bicyclic) bond motifs is 9. The van der Waals surface area contributed by atoms with Crippen molar-refractivity contribution in [2.75, 3.05) is 6.66 Å². The van der Waals surface area contributed by atoms with Crippen LogP contribution in [-0.2, 0) is 13.0 Å². The number of rotatable bonds is 9. The monoisotopic (exact) mass is 1020 g/mol. The van der Waals surface area contributed by atoms with Gasteiger partial charge in [0.15, 0.2) is 0 Å². The molecule has 0 saturated carbocycles. The molecule has 0 radical (unpaired) electrons. The highest BCUT2D eigenvalue weighted by atomic mass is 31.0. The summed E-state index contributed by atoms with van der Waals surface area (Å²) in [4.78, 5) is 4.80. The summed E-state index contributed by atoms with van der Waals surface area (Å²) in [5.74, 6) is 3.89. The largest absolute Gasteiger partial charge is 0.299 e. The summed E-state index contributed by atoms with van der Waals surface area (Å²) in [6.45, 7) is 25.6. The van der Waals surface area contributed by atoms with Crippen molar-refractivity contribution in [1.29, 1.82) is 0 Å². The molecule has 0 N–H and O–H groups in total. The van der Waals surface area contributed by atoms with E-state index in [4.69, 9.17) is 4.98 Å². The lowest BCUT2D eigenvalue weighted by atomic mass is 9.84. The first kappa shape index (κ1) is 53.9. The standard InChI is InChI=1S/C39H36N2.C28H31N2.C3H8.CH5P/c1-25(2)35-23-29(24-36(26(3)4)38(35)41-21-20-40-39(41)27-12-6-5-7-13-27)28-18-19-34-32-16-9-8-14-30(32)31-15-10-11-17-33(31)37(34)22-28;1-19(2)25-16-23(21-10-6-5-7-11-21)17-26(20(3)4)27(25)30-15-14-29-18-22-12-8-9-13-24(22)28(29)30;1-3-2;1-2/h5-7,9-13,15-26H,8,14H2,1-4H3;6,8-17,19-20H,5,7,18H2,1-4H3;3H2,1-2H3;2H2,1H3/q;+1;;. The molecule has 4 nitrogen and oxygen atoms in total. The predicted molar refractivity (Wildman–Crippen MR) is 332 cm³/mol. The average Bonchev–Trinajstić information content (AvgIpc) is 4.22. The minimum Gasteiger partial charge on any atom is -0.299 e. The van der Waals surface area contributed by atoms with E-state index >= 15 is 0 Å². The topological polar surface area (TPSA) is 26.6 Å². The van der Waals surface area contributed by atoms with Gasteiger partial charge in [-0.15, -0.1) is 9.24 Å². The maximum absolute atomic E-state index is 4.80. The van der Waals surface area contributed by atoms with Gasteiger partial charge >= 0.3 is 0 Å². The molecule has 0 fully saturated rings. The number of nitrogens with zero attached hydrogens (tertiary/aromatic N) is 4. The summed E-state index contributed by atoms with van der Waals surface area (Å²) in [6, 6.07) is 45.1. The number of benzene rings is 7. The van der Waals surface area contributed by atoms with Crippen molar-refractivity contribution >= 4 is 42.4 Å². The summed E-state index contributed by atoms with van der Waals surface area (Å²) in [5.41, 5.74) is 20.2. The molecule has 0 saturated heterocycles. The predicted octanol–water partition coefficient (Wildman–Crippen LogP) is 19.4. The van der Waals surface area contributed by atoms with Gasteiger partial charge in [0, 0.05) is 34.6 Å². The Morgan fingerprint density at radius 1 is 0.539 bits per heavy atom. The van der Waals surface area contributed by atoms with Crippen molar-refractivity contribution in [2.45, 2.75) is 132 Å². The smallest absolute Gasteiger partial charge is 0.294 e. The molecule has 76 heavy (non-hydrogen) atoms. The SMILES string of the molecule is CC(C)c1cc(-c2ccc3c4c(c5ccccc5c3c2)CCC=C4)cc(C(C)C)c1-n1ccnc1-c1ccccc1.CC(C)c1cc(C2=CCCC=C2)cc(C(C)C)c1-n1cc[n+]2c1-c1ccccc1C2.CCC.CP. The van der Waals surface area contributed by atoms with E-state index in [9.17, 15) is 0 Å². The number of aromatic nitrogens is 4. The first-order valence-corrected chi connectivity index (χ1v) is 29.4. The van der Waals surface area contributed by atoms with E-state index in [2.05, 4.69) is 262 Å². The van der Waals surface area contributed by atoms with Gasteiger partial charge in [-0.05, 0) is 152 Å². The first-order valence-electron chi connectivity index (χ1n) is 28.2. The van der Waals surface area contributed by atoms with Crippen molar-refractivity contribution in [3.8, 4) is 45.3 Å². The van der Waals surface area contributed by atoms with Crippen molar-refractivity contribution in [2.24, 2.45) is 0 Å². The van der Waals surface area contributed by atoms with Crippen LogP contribution in [0, 0.1) is 0 Å². The fourth-order valence-corrected chi connectivity index (χ4v) is 11.6. The summed E-state index contributed by atoms with van der Waals surface area (Å²) >= 11 is 0. The molecule has 9 aromatic rings. The second kappa shape index (κ2) is 24.0. The van der Waals surface area contributed by atoms with Gasteiger partial charge in [-0.1, -0.05) is 198 Å². The lowest BCUT2D eigenvalue weighted by Gasteiger charge is -2.24. The van der Waals surface area contributed by atoms with E-state index in [0.717, 1.165) is 43.6 Å². The maximum Gasteiger partial charge on any atom is 0.294 e. The van der Waals surface area contributed by atoms with Gasteiger partial charge in [-0.25, -0.2) is 9.55 Å². The summed E-state index contributed by atoms with van der Waals surface area (Å²) < 4.78 is 7.14. The van der Waals surface area contributed by atoms with Crippen LogP contribution in [-0.4, -0.2) is 20.8 Å². The molecule has 2 aliphatic carbocycles. The Balaban J connectivity index is 0.000000178. The maximum atomic E-state index is 4.80. The number of hydrogen-bond donors (Lipinski definition) is 0. The van der Waals surface area contributed by atoms with E-state index in [1.165, 1.54) is 112 Å². The van der Waals surface area contributed by atoms with Crippen LogP contribution in [0.3, 0.4) is 0 Å². The number of imidazole rings is 2. The van der Waals surface area contributed by atoms with Crippen LogP contribution in [0.25, 0.3) is 78.5 Å². The molecule has 3 heterocycles. The molecule has 1 atom stereocenters. The Bertz CT molecular complexity index is 3530. The molecule has 5 heteroatoms. The highest BCUT2D eigenvalue weighted by molar-refractivity contribution is 7.15. The lowest BCUT2D eigenvalue weighted by molar-refractivity contribution is -0.671. The molecule has 2 aromatic heterocycles. The van der Waals surface area contributed by atoms with Crippen LogP contribution in [0.4, 0.5) is 0 Å². The zero-order valence-corrected chi connectivity index (χ0v) is 48.3. The third-order valence-electron chi connectivity index (χ3n) is 15.2. The summed E-state index contributed by atoms with van der Waals surface area (Å²) in [5, 5.41) is 5.44. The Hall–Kier alpha value is -6.87. The third-order valence-corrected chi connectivity index (χ3v) is 15.2. The highest BCUT2D eigenvalue weighted by Crippen LogP contribution is 2.43. The summed E-state index contributed by atoms with van der Waals surface area (Å²) in [6.07, 6.45) is 26.0. The molecule has 0 spiro atoms. The highest BCUT2D eigenvalue weighted by Gasteiger charge is 2.33. The van der Waals surface area contributed by atoms with Crippen LogP contribution >= 0.6 is 9.24 Å². The Morgan fingerprint density at radius 2 is 1.13 bits per heavy atom. The quantitative estimate of drug-likeness (QED) is 0.0804. The van der Waals surface area contributed by atoms with Crippen LogP contribution in [0.2, 0.25) is 0 Å². The summed E-state index contributed by atoms with van der Waals surface area (Å²) in [7, 11) is 2.42. The molecule has 7 aromatic carbocycles.